The number of benzene rings is 2. The normalized spacial score (nSPS) is 10.3. The number of rotatable bonds is 6. The second-order valence-corrected chi connectivity index (χ2v) is 6.10. The van der Waals surface area contributed by atoms with Gasteiger partial charge in [0.2, 0.25) is 0 Å². The van der Waals surface area contributed by atoms with Gasteiger partial charge in [-0.05, 0) is 24.1 Å². The molecule has 0 bridgehead atoms. The summed E-state index contributed by atoms with van der Waals surface area (Å²) in [6.45, 7) is 1.82. The van der Waals surface area contributed by atoms with Crippen LogP contribution in [0, 0.1) is 6.92 Å². The number of anilines is 1. The van der Waals surface area contributed by atoms with Crippen LogP contribution in [0.15, 0.2) is 42.5 Å². The fourth-order valence-corrected chi connectivity index (χ4v) is 2.58. The predicted molar refractivity (Wildman–Crippen MR) is 100 cm³/mol. The van der Waals surface area contributed by atoms with Crippen LogP contribution in [0.5, 0.6) is 5.75 Å². The molecule has 2 rings (SSSR count). The van der Waals surface area contributed by atoms with Crippen LogP contribution >= 0.6 is 11.6 Å². The zero-order chi connectivity index (χ0) is 19.1. The first kappa shape index (κ1) is 19.8. The molecule has 7 heteroatoms. The maximum Gasteiger partial charge on any atom is 0.314 e. The fraction of sp³-hybridized carbons (Fsp3) is 0.263. The molecular weight excluding hydrogens is 356 g/mol. The Morgan fingerprint density at radius 3 is 2.54 bits per heavy atom. The number of carbonyl (C=O) groups is 2. The van der Waals surface area contributed by atoms with Crippen molar-refractivity contribution in [2.24, 2.45) is 0 Å². The molecule has 0 aromatic heterocycles. The van der Waals surface area contributed by atoms with Crippen molar-refractivity contribution < 1.29 is 19.4 Å². The van der Waals surface area contributed by atoms with Gasteiger partial charge in [0.25, 0.3) is 0 Å². The highest BCUT2D eigenvalue weighted by Crippen LogP contribution is 2.30. The lowest BCUT2D eigenvalue weighted by molar-refractivity contribution is -0.143. The van der Waals surface area contributed by atoms with E-state index in [0.29, 0.717) is 16.5 Å². The largest absolute Gasteiger partial charge is 0.495 e. The zero-order valence-corrected chi connectivity index (χ0v) is 15.4. The predicted octanol–water partition coefficient (Wildman–Crippen LogP) is 2.62. The molecule has 0 aliphatic carbocycles. The highest BCUT2D eigenvalue weighted by atomic mass is 35.5. The quantitative estimate of drug-likeness (QED) is 0.759. The number of amides is 2. The van der Waals surface area contributed by atoms with Gasteiger partial charge in [0, 0.05) is 24.2 Å². The summed E-state index contributed by atoms with van der Waals surface area (Å²) in [6.07, 6.45) is 0. The molecular formula is C19H21ClN2O4. The highest BCUT2D eigenvalue weighted by molar-refractivity contribution is 6.39. The number of hydrogen-bond donors (Lipinski definition) is 2. The van der Waals surface area contributed by atoms with Crippen molar-refractivity contribution in [3.05, 3.63) is 58.6 Å². The topological polar surface area (TPSA) is 78.9 Å². The third-order valence-electron chi connectivity index (χ3n) is 3.80. The number of nitrogens with one attached hydrogen (secondary N) is 1. The van der Waals surface area contributed by atoms with Crippen molar-refractivity contribution in [3.63, 3.8) is 0 Å². The number of nitrogens with zero attached hydrogens (tertiary/aromatic N) is 1. The van der Waals surface area contributed by atoms with Crippen molar-refractivity contribution >= 4 is 29.1 Å². The van der Waals surface area contributed by atoms with Crippen LogP contribution in [0.4, 0.5) is 5.69 Å². The standard InChI is InChI=1S/C19H21ClN2O4/c1-13-10-16(17(26-2)11-15(13)20)21-18(24)19(25)22(8-9-23)12-14-6-4-3-5-7-14/h3-7,10-11,23H,8-9,12H2,1-2H3,(H,21,24). The molecule has 0 radical (unpaired) electrons. The van der Waals surface area contributed by atoms with Crippen molar-refractivity contribution in [2.75, 3.05) is 25.6 Å². The van der Waals surface area contributed by atoms with Crippen LogP contribution in [-0.4, -0.2) is 42.1 Å². The lowest BCUT2D eigenvalue weighted by atomic mass is 10.2. The number of aryl methyl sites for hydroxylation is 1. The number of carbonyl (C=O) groups excluding carboxylic acids is 2. The van der Waals surface area contributed by atoms with Gasteiger partial charge in [-0.2, -0.15) is 0 Å². The van der Waals surface area contributed by atoms with Crippen LogP contribution in [0.3, 0.4) is 0 Å². The Morgan fingerprint density at radius 1 is 1.23 bits per heavy atom. The zero-order valence-electron chi connectivity index (χ0n) is 14.7. The first-order valence-electron chi connectivity index (χ1n) is 8.05. The highest BCUT2D eigenvalue weighted by Gasteiger charge is 2.23. The Kier molecular flexibility index (Phi) is 7.00. The van der Waals surface area contributed by atoms with Gasteiger partial charge in [-0.25, -0.2) is 0 Å². The molecule has 0 spiro atoms. The SMILES string of the molecule is COc1cc(Cl)c(C)cc1NC(=O)C(=O)N(CCO)Cc1ccccc1. The van der Waals surface area contributed by atoms with Gasteiger partial charge >= 0.3 is 11.8 Å². The second-order valence-electron chi connectivity index (χ2n) is 5.69. The first-order valence-corrected chi connectivity index (χ1v) is 8.43. The summed E-state index contributed by atoms with van der Waals surface area (Å²) in [5, 5.41) is 12.3. The summed E-state index contributed by atoms with van der Waals surface area (Å²) in [4.78, 5) is 26.2. The third-order valence-corrected chi connectivity index (χ3v) is 4.20. The molecule has 0 unspecified atom stereocenters. The Bertz CT molecular complexity index is 781. The lowest BCUT2D eigenvalue weighted by Crippen LogP contribution is -2.40. The third kappa shape index (κ3) is 4.97. The minimum atomic E-state index is -0.811. The van der Waals surface area contributed by atoms with Crippen molar-refractivity contribution in [3.8, 4) is 5.75 Å². The Hall–Kier alpha value is -2.57. The van der Waals surface area contributed by atoms with E-state index in [1.54, 1.807) is 19.1 Å². The van der Waals surface area contributed by atoms with Gasteiger partial charge in [0.15, 0.2) is 0 Å². The Balaban J connectivity index is 2.16. The van der Waals surface area contributed by atoms with E-state index in [1.807, 2.05) is 30.3 Å². The fourth-order valence-electron chi connectivity index (χ4n) is 2.43. The molecule has 0 saturated carbocycles. The van der Waals surface area contributed by atoms with E-state index in [0.717, 1.165) is 11.1 Å². The average molecular weight is 377 g/mol. The molecule has 0 aliphatic rings. The van der Waals surface area contributed by atoms with Crippen molar-refractivity contribution in [2.45, 2.75) is 13.5 Å². The van der Waals surface area contributed by atoms with E-state index in [4.69, 9.17) is 16.3 Å². The number of hydrogen-bond acceptors (Lipinski definition) is 4. The van der Waals surface area contributed by atoms with Crippen LogP contribution in [0.1, 0.15) is 11.1 Å². The molecule has 2 aromatic carbocycles. The summed E-state index contributed by atoms with van der Waals surface area (Å²) in [5.74, 6) is -1.19. The molecule has 0 heterocycles. The van der Waals surface area contributed by atoms with E-state index < -0.39 is 11.8 Å². The first-order chi connectivity index (χ1) is 12.5. The van der Waals surface area contributed by atoms with E-state index in [2.05, 4.69) is 5.32 Å². The van der Waals surface area contributed by atoms with Crippen molar-refractivity contribution in [1.29, 1.82) is 0 Å². The van der Waals surface area contributed by atoms with E-state index in [9.17, 15) is 14.7 Å². The summed E-state index contributed by atoms with van der Waals surface area (Å²) in [7, 11) is 1.45. The summed E-state index contributed by atoms with van der Waals surface area (Å²) < 4.78 is 5.20. The maximum absolute atomic E-state index is 12.5. The number of halogens is 1. The lowest BCUT2D eigenvalue weighted by Gasteiger charge is -2.21. The molecule has 138 valence electrons. The molecule has 2 amide bonds. The molecule has 2 aromatic rings. The van der Waals surface area contributed by atoms with E-state index >= 15 is 0 Å². The summed E-state index contributed by atoms with van der Waals surface area (Å²) in [5.41, 5.74) is 1.96. The molecule has 0 saturated heterocycles. The second kappa shape index (κ2) is 9.22. The van der Waals surface area contributed by atoms with E-state index in [1.165, 1.54) is 12.0 Å². The smallest absolute Gasteiger partial charge is 0.314 e. The van der Waals surface area contributed by atoms with Crippen LogP contribution in [0.2, 0.25) is 5.02 Å². The molecule has 26 heavy (non-hydrogen) atoms. The Morgan fingerprint density at radius 2 is 1.92 bits per heavy atom. The molecule has 2 N–H and O–H groups in total. The minimum Gasteiger partial charge on any atom is -0.495 e. The molecule has 0 aliphatic heterocycles. The number of aliphatic hydroxyl groups is 1. The van der Waals surface area contributed by atoms with Gasteiger partial charge in [-0.15, -0.1) is 0 Å². The number of methoxy groups -OCH3 is 1. The summed E-state index contributed by atoms with van der Waals surface area (Å²) in [6, 6.07) is 12.5. The van der Waals surface area contributed by atoms with Crippen molar-refractivity contribution in [1.82, 2.24) is 4.90 Å². The average Bonchev–Trinajstić information content (AvgIpc) is 2.64. The van der Waals surface area contributed by atoms with Gasteiger partial charge in [-0.1, -0.05) is 41.9 Å². The maximum atomic E-state index is 12.5. The molecule has 0 atom stereocenters. The van der Waals surface area contributed by atoms with Crippen LogP contribution in [-0.2, 0) is 16.1 Å². The van der Waals surface area contributed by atoms with E-state index in [-0.39, 0.29) is 19.7 Å². The number of ether oxygens (including phenoxy) is 1. The monoisotopic (exact) mass is 376 g/mol. The van der Waals surface area contributed by atoms with Gasteiger partial charge < -0.3 is 20.1 Å². The van der Waals surface area contributed by atoms with Crippen LogP contribution in [0.25, 0.3) is 0 Å². The van der Waals surface area contributed by atoms with Gasteiger partial charge in [0.1, 0.15) is 5.75 Å². The van der Waals surface area contributed by atoms with Crippen LogP contribution < -0.4 is 10.1 Å². The molecule has 0 fully saturated rings. The minimum absolute atomic E-state index is 0.0535. The van der Waals surface area contributed by atoms with Gasteiger partial charge in [-0.3, -0.25) is 9.59 Å². The number of aliphatic hydroxyl groups excluding tert-OH is 1. The molecule has 6 nitrogen and oxygen atoms in total. The van der Waals surface area contributed by atoms with Gasteiger partial charge in [0.05, 0.1) is 19.4 Å². The summed E-state index contributed by atoms with van der Waals surface area (Å²) >= 11 is 6.05. The Labute approximate surface area is 157 Å².